The van der Waals surface area contributed by atoms with Crippen LogP contribution in [0.5, 0.6) is 0 Å². The first-order chi connectivity index (χ1) is 8.49. The molecule has 0 heterocycles. The number of Topliss-reactive ketones (excluding diaryl/α,β-unsaturated/α-hetero) is 1. The van der Waals surface area contributed by atoms with Crippen LogP contribution in [-0.2, 0) is 0 Å². The Morgan fingerprint density at radius 3 is 2.50 bits per heavy atom. The Bertz CT molecular complexity index is 468. The van der Waals surface area contributed by atoms with Gasteiger partial charge < -0.3 is 17.2 Å². The molecule has 5 heteroatoms. The molecular formula is C13H20N4O. The number of hydrogen-bond acceptors (Lipinski definition) is 4. The normalized spacial score (nSPS) is 10.3. The van der Waals surface area contributed by atoms with E-state index in [1.807, 2.05) is 0 Å². The number of unbranched alkanes of at least 4 members (excludes halogenated alkanes) is 2. The molecule has 1 aromatic rings. The summed E-state index contributed by atoms with van der Waals surface area (Å²) in [6.07, 6.45) is 3.24. The van der Waals surface area contributed by atoms with Gasteiger partial charge in [0, 0.05) is 12.0 Å². The summed E-state index contributed by atoms with van der Waals surface area (Å²) in [7, 11) is 0. The number of benzene rings is 1. The monoisotopic (exact) mass is 248 g/mol. The molecule has 1 rings (SSSR count). The van der Waals surface area contributed by atoms with E-state index in [0.717, 1.165) is 19.3 Å². The van der Waals surface area contributed by atoms with Gasteiger partial charge in [0.05, 0.1) is 16.9 Å². The molecule has 0 aromatic heterocycles. The molecule has 98 valence electrons. The average molecular weight is 248 g/mol. The standard InChI is InChI=1S/C13H20N4O/c1-2-3-4-5-10(18)11-8(13(16)17)6-7-9(14)12(11)15/h6-7H,2-5,14-15H2,1H3,(H3,16,17). The van der Waals surface area contributed by atoms with Gasteiger partial charge in [-0.3, -0.25) is 10.2 Å². The highest BCUT2D eigenvalue weighted by molar-refractivity contribution is 6.13. The van der Waals surface area contributed by atoms with Gasteiger partial charge in [-0.15, -0.1) is 0 Å². The number of hydrogen-bond donors (Lipinski definition) is 4. The molecule has 1 aromatic carbocycles. The summed E-state index contributed by atoms with van der Waals surface area (Å²) in [5.74, 6) is -0.265. The van der Waals surface area contributed by atoms with E-state index < -0.39 is 0 Å². The van der Waals surface area contributed by atoms with Crippen molar-refractivity contribution in [1.82, 2.24) is 0 Å². The molecule has 0 unspecified atom stereocenters. The zero-order valence-corrected chi connectivity index (χ0v) is 10.6. The van der Waals surface area contributed by atoms with Gasteiger partial charge in [0.15, 0.2) is 5.78 Å². The lowest BCUT2D eigenvalue weighted by Crippen LogP contribution is -2.19. The first-order valence-electron chi connectivity index (χ1n) is 6.04. The fraction of sp³-hybridized carbons (Fsp3) is 0.385. The summed E-state index contributed by atoms with van der Waals surface area (Å²) in [5, 5.41) is 7.48. The second kappa shape index (κ2) is 6.05. The van der Waals surface area contributed by atoms with E-state index in [4.69, 9.17) is 22.6 Å². The Labute approximate surface area is 107 Å². The molecule has 0 aliphatic rings. The van der Waals surface area contributed by atoms with Gasteiger partial charge in [-0.2, -0.15) is 0 Å². The summed E-state index contributed by atoms with van der Waals surface area (Å²) < 4.78 is 0. The maximum atomic E-state index is 12.1. The minimum Gasteiger partial charge on any atom is -0.397 e. The summed E-state index contributed by atoms with van der Waals surface area (Å²) in [6, 6.07) is 3.13. The lowest BCUT2D eigenvalue weighted by Gasteiger charge is -2.12. The van der Waals surface area contributed by atoms with Crippen LogP contribution in [0.1, 0.15) is 48.5 Å². The molecule has 0 spiro atoms. The SMILES string of the molecule is CCCCCC(=O)c1c(C(=N)N)ccc(N)c1N. The van der Waals surface area contributed by atoms with E-state index >= 15 is 0 Å². The number of carbonyl (C=O) groups is 1. The molecular weight excluding hydrogens is 228 g/mol. The van der Waals surface area contributed by atoms with Crippen LogP contribution in [0, 0.1) is 5.41 Å². The largest absolute Gasteiger partial charge is 0.397 e. The zero-order valence-electron chi connectivity index (χ0n) is 10.6. The third-order valence-corrected chi connectivity index (χ3v) is 2.86. The van der Waals surface area contributed by atoms with Crippen molar-refractivity contribution in [3.63, 3.8) is 0 Å². The van der Waals surface area contributed by atoms with Crippen molar-refractivity contribution in [3.8, 4) is 0 Å². The number of anilines is 2. The van der Waals surface area contributed by atoms with Crippen molar-refractivity contribution in [2.45, 2.75) is 32.6 Å². The Morgan fingerprint density at radius 1 is 1.28 bits per heavy atom. The molecule has 5 nitrogen and oxygen atoms in total. The minimum absolute atomic E-state index is 0.0987. The van der Waals surface area contributed by atoms with Crippen molar-refractivity contribution in [2.24, 2.45) is 5.73 Å². The van der Waals surface area contributed by atoms with E-state index in [2.05, 4.69) is 6.92 Å². The molecule has 0 amide bonds. The predicted molar refractivity (Wildman–Crippen MR) is 74.8 cm³/mol. The number of nitrogens with one attached hydrogen (secondary N) is 1. The summed E-state index contributed by atoms with van der Waals surface area (Å²) in [6.45, 7) is 2.07. The molecule has 0 aliphatic heterocycles. The van der Waals surface area contributed by atoms with Gasteiger partial charge in [0.2, 0.25) is 0 Å². The maximum absolute atomic E-state index is 12.1. The van der Waals surface area contributed by atoms with Crippen LogP contribution in [0.3, 0.4) is 0 Å². The highest BCUT2D eigenvalue weighted by Crippen LogP contribution is 2.25. The molecule has 18 heavy (non-hydrogen) atoms. The third-order valence-electron chi connectivity index (χ3n) is 2.86. The van der Waals surface area contributed by atoms with Crippen LogP contribution in [0.2, 0.25) is 0 Å². The van der Waals surface area contributed by atoms with Gasteiger partial charge in [-0.1, -0.05) is 19.8 Å². The summed E-state index contributed by atoms with van der Waals surface area (Å²) >= 11 is 0. The van der Waals surface area contributed by atoms with Gasteiger partial charge in [-0.05, 0) is 18.6 Å². The van der Waals surface area contributed by atoms with Crippen LogP contribution in [-0.4, -0.2) is 11.6 Å². The average Bonchev–Trinajstić information content (AvgIpc) is 2.32. The van der Waals surface area contributed by atoms with Crippen molar-refractivity contribution < 1.29 is 4.79 Å². The smallest absolute Gasteiger partial charge is 0.165 e. The predicted octanol–water partition coefficient (Wildman–Crippen LogP) is 1.90. The lowest BCUT2D eigenvalue weighted by molar-refractivity contribution is 0.0980. The number of ketones is 1. The fourth-order valence-corrected chi connectivity index (χ4v) is 1.82. The maximum Gasteiger partial charge on any atom is 0.165 e. The van der Waals surface area contributed by atoms with Crippen LogP contribution < -0.4 is 17.2 Å². The molecule has 0 saturated carbocycles. The van der Waals surface area contributed by atoms with E-state index in [9.17, 15) is 4.79 Å². The lowest BCUT2D eigenvalue weighted by atomic mass is 9.96. The number of nitrogens with two attached hydrogens (primary N) is 3. The number of amidine groups is 1. The Morgan fingerprint density at radius 2 is 1.94 bits per heavy atom. The van der Waals surface area contributed by atoms with E-state index in [1.165, 1.54) is 0 Å². The molecule has 0 atom stereocenters. The third kappa shape index (κ3) is 3.00. The summed E-state index contributed by atoms with van der Waals surface area (Å²) in [4.78, 5) is 12.1. The van der Waals surface area contributed by atoms with Crippen LogP contribution >= 0.6 is 0 Å². The minimum atomic E-state index is -0.166. The van der Waals surface area contributed by atoms with E-state index in [0.29, 0.717) is 23.2 Å². The molecule has 0 saturated heterocycles. The Balaban J connectivity index is 3.08. The number of carbonyl (C=O) groups excluding carboxylic acids is 1. The van der Waals surface area contributed by atoms with Crippen LogP contribution in [0.4, 0.5) is 11.4 Å². The molecule has 0 bridgehead atoms. The van der Waals surface area contributed by atoms with Crippen molar-refractivity contribution >= 4 is 23.0 Å². The Hall–Kier alpha value is -2.04. The van der Waals surface area contributed by atoms with Crippen LogP contribution in [0.15, 0.2) is 12.1 Å². The number of nitrogen functional groups attached to an aromatic ring is 3. The zero-order chi connectivity index (χ0) is 13.7. The second-order valence-corrected chi connectivity index (χ2v) is 4.28. The van der Waals surface area contributed by atoms with E-state index in [-0.39, 0.29) is 17.3 Å². The van der Waals surface area contributed by atoms with Crippen molar-refractivity contribution in [2.75, 3.05) is 11.5 Å². The second-order valence-electron chi connectivity index (χ2n) is 4.28. The Kier molecular flexibility index (Phi) is 4.71. The molecule has 0 aliphatic carbocycles. The first-order valence-corrected chi connectivity index (χ1v) is 6.04. The quantitative estimate of drug-likeness (QED) is 0.202. The van der Waals surface area contributed by atoms with Gasteiger partial charge in [0.1, 0.15) is 5.84 Å². The molecule has 0 radical (unpaired) electrons. The van der Waals surface area contributed by atoms with E-state index in [1.54, 1.807) is 12.1 Å². The van der Waals surface area contributed by atoms with Crippen LogP contribution in [0.25, 0.3) is 0 Å². The van der Waals surface area contributed by atoms with Gasteiger partial charge in [-0.25, -0.2) is 0 Å². The highest BCUT2D eigenvalue weighted by atomic mass is 16.1. The van der Waals surface area contributed by atoms with Crippen molar-refractivity contribution in [3.05, 3.63) is 23.3 Å². The number of rotatable bonds is 6. The molecule has 0 fully saturated rings. The summed E-state index contributed by atoms with van der Waals surface area (Å²) in [5.41, 5.74) is 18.2. The molecule has 7 N–H and O–H groups in total. The van der Waals surface area contributed by atoms with Gasteiger partial charge in [0.25, 0.3) is 0 Å². The van der Waals surface area contributed by atoms with Crippen molar-refractivity contribution in [1.29, 1.82) is 5.41 Å². The fourth-order valence-electron chi connectivity index (χ4n) is 1.82. The first kappa shape index (κ1) is 14.0. The topological polar surface area (TPSA) is 119 Å². The highest BCUT2D eigenvalue weighted by Gasteiger charge is 2.18. The van der Waals surface area contributed by atoms with Gasteiger partial charge >= 0.3 is 0 Å².